The number of anilines is 1. The van der Waals surface area contributed by atoms with E-state index in [1.54, 1.807) is 23.9 Å². The molecule has 2 aromatic carbocycles. The number of nitrogens with one attached hydrogen (secondary N) is 1. The van der Waals surface area contributed by atoms with E-state index < -0.39 is 12.8 Å². The second-order valence-electron chi connectivity index (χ2n) is 6.07. The number of alkyl halides is 3. The van der Waals surface area contributed by atoms with Crippen molar-refractivity contribution < 1.29 is 27.4 Å². The van der Waals surface area contributed by atoms with Crippen molar-refractivity contribution in [2.75, 3.05) is 25.3 Å². The molecule has 28 heavy (non-hydrogen) atoms. The quantitative estimate of drug-likeness (QED) is 0.624. The third-order valence-corrected chi connectivity index (χ3v) is 4.43. The van der Waals surface area contributed by atoms with Crippen molar-refractivity contribution in [2.45, 2.75) is 24.8 Å². The molecule has 0 atom stereocenters. The van der Waals surface area contributed by atoms with Crippen molar-refractivity contribution in [2.24, 2.45) is 0 Å². The van der Waals surface area contributed by atoms with E-state index in [1.165, 1.54) is 18.7 Å². The summed E-state index contributed by atoms with van der Waals surface area (Å²) in [6.45, 7) is -1.39. The van der Waals surface area contributed by atoms with Gasteiger partial charge in [0.25, 0.3) is 0 Å². The van der Waals surface area contributed by atoms with Crippen LogP contribution in [0.5, 0.6) is 11.5 Å². The highest BCUT2D eigenvalue weighted by molar-refractivity contribution is 7.97. The van der Waals surface area contributed by atoms with Crippen LogP contribution in [0.4, 0.5) is 18.9 Å². The number of rotatable bonds is 9. The number of halogens is 3. The molecule has 0 saturated heterocycles. The normalized spacial score (nSPS) is 11.2. The Morgan fingerprint density at radius 2 is 1.75 bits per heavy atom. The Bertz CT molecular complexity index is 779. The molecule has 0 heterocycles. The van der Waals surface area contributed by atoms with Gasteiger partial charge in [-0.1, -0.05) is 18.2 Å². The lowest BCUT2D eigenvalue weighted by Gasteiger charge is -2.13. The standard InChI is InChI=1S/C20H22F3NO3S/c1-26-18-11-14(5-9-17(18)27-13-20(21,22)23)6-10-19(25)24-16-7-3-15(4-8-16)12-28-2/h3-5,7-9,11H,6,10,12-13H2,1-2H3,(H,24,25). The lowest BCUT2D eigenvalue weighted by Crippen LogP contribution is -2.19. The van der Waals surface area contributed by atoms with Crippen LogP contribution in [0.3, 0.4) is 0 Å². The number of carbonyl (C=O) groups is 1. The molecule has 0 saturated carbocycles. The van der Waals surface area contributed by atoms with E-state index in [2.05, 4.69) is 5.32 Å². The van der Waals surface area contributed by atoms with Crippen LogP contribution < -0.4 is 14.8 Å². The second kappa shape index (κ2) is 10.3. The fourth-order valence-corrected chi connectivity index (χ4v) is 3.00. The summed E-state index contributed by atoms with van der Waals surface area (Å²) in [5.41, 5.74) is 2.68. The molecule has 8 heteroatoms. The van der Waals surface area contributed by atoms with Crippen molar-refractivity contribution in [3.8, 4) is 11.5 Å². The predicted octanol–water partition coefficient (Wildman–Crippen LogP) is 5.07. The molecule has 0 aliphatic heterocycles. The number of ether oxygens (including phenoxy) is 2. The summed E-state index contributed by atoms with van der Waals surface area (Å²) in [5.74, 6) is 0.984. The van der Waals surface area contributed by atoms with Crippen LogP contribution in [-0.2, 0) is 17.0 Å². The van der Waals surface area contributed by atoms with Gasteiger partial charge >= 0.3 is 6.18 Å². The van der Waals surface area contributed by atoms with Crippen LogP contribution in [0.15, 0.2) is 42.5 Å². The lowest BCUT2D eigenvalue weighted by molar-refractivity contribution is -0.153. The van der Waals surface area contributed by atoms with Gasteiger partial charge in [-0.25, -0.2) is 0 Å². The van der Waals surface area contributed by atoms with Gasteiger partial charge in [-0.15, -0.1) is 0 Å². The molecule has 2 rings (SSSR count). The lowest BCUT2D eigenvalue weighted by atomic mass is 10.1. The first kappa shape index (κ1) is 21.9. The van der Waals surface area contributed by atoms with E-state index in [1.807, 2.05) is 30.5 Å². The Kier molecular flexibility index (Phi) is 8.04. The molecule has 2 aromatic rings. The van der Waals surface area contributed by atoms with Gasteiger partial charge in [0.1, 0.15) is 0 Å². The smallest absolute Gasteiger partial charge is 0.422 e. The zero-order chi connectivity index (χ0) is 20.6. The molecular weight excluding hydrogens is 391 g/mol. The molecule has 0 radical (unpaired) electrons. The minimum atomic E-state index is -4.42. The number of amides is 1. The van der Waals surface area contributed by atoms with Crippen LogP contribution >= 0.6 is 11.8 Å². The first-order valence-corrected chi connectivity index (χ1v) is 9.94. The Labute approximate surface area is 166 Å². The molecule has 4 nitrogen and oxygen atoms in total. The average molecular weight is 413 g/mol. The molecule has 1 N–H and O–H groups in total. The fourth-order valence-electron chi connectivity index (χ4n) is 2.48. The van der Waals surface area contributed by atoms with Gasteiger partial charge in [-0.3, -0.25) is 4.79 Å². The number of thioether (sulfide) groups is 1. The summed E-state index contributed by atoms with van der Waals surface area (Å²) < 4.78 is 46.7. The zero-order valence-corrected chi connectivity index (χ0v) is 16.5. The molecule has 152 valence electrons. The highest BCUT2D eigenvalue weighted by atomic mass is 32.2. The molecule has 0 unspecified atom stereocenters. The maximum absolute atomic E-state index is 12.3. The Morgan fingerprint density at radius 3 is 2.36 bits per heavy atom. The monoisotopic (exact) mass is 413 g/mol. The highest BCUT2D eigenvalue weighted by Gasteiger charge is 2.29. The molecule has 0 aliphatic carbocycles. The number of aryl methyl sites for hydroxylation is 1. The molecule has 0 bridgehead atoms. The molecule has 0 aromatic heterocycles. The van der Waals surface area contributed by atoms with Crippen molar-refractivity contribution >= 4 is 23.4 Å². The van der Waals surface area contributed by atoms with E-state index >= 15 is 0 Å². The number of methoxy groups -OCH3 is 1. The van der Waals surface area contributed by atoms with E-state index in [4.69, 9.17) is 9.47 Å². The van der Waals surface area contributed by atoms with Crippen LogP contribution in [0.1, 0.15) is 17.5 Å². The summed E-state index contributed by atoms with van der Waals surface area (Å²) >= 11 is 1.73. The number of hydrogen-bond acceptors (Lipinski definition) is 4. The van der Waals surface area contributed by atoms with E-state index in [0.29, 0.717) is 6.42 Å². The molecular formula is C20H22F3NO3S. The van der Waals surface area contributed by atoms with E-state index in [0.717, 1.165) is 17.0 Å². The Morgan fingerprint density at radius 1 is 1.07 bits per heavy atom. The van der Waals surface area contributed by atoms with Gasteiger partial charge < -0.3 is 14.8 Å². The number of carbonyl (C=O) groups excluding carboxylic acids is 1. The minimum absolute atomic E-state index is 0.0124. The van der Waals surface area contributed by atoms with Crippen LogP contribution in [0.2, 0.25) is 0 Å². The summed E-state index contributed by atoms with van der Waals surface area (Å²) in [4.78, 5) is 12.1. The maximum Gasteiger partial charge on any atom is 0.422 e. The average Bonchev–Trinajstić information content (AvgIpc) is 2.66. The summed E-state index contributed by atoms with van der Waals surface area (Å²) in [5, 5.41) is 2.83. The fraction of sp³-hybridized carbons (Fsp3) is 0.350. The van der Waals surface area contributed by atoms with Crippen molar-refractivity contribution in [1.29, 1.82) is 0 Å². The first-order valence-electron chi connectivity index (χ1n) is 8.55. The Hall–Kier alpha value is -2.35. The van der Waals surface area contributed by atoms with Crippen LogP contribution in [-0.4, -0.2) is 32.1 Å². The second-order valence-corrected chi connectivity index (χ2v) is 6.93. The first-order chi connectivity index (χ1) is 13.3. The van der Waals surface area contributed by atoms with E-state index in [-0.39, 0.29) is 23.8 Å². The topological polar surface area (TPSA) is 47.6 Å². The maximum atomic E-state index is 12.3. The van der Waals surface area contributed by atoms with Gasteiger partial charge in [-0.2, -0.15) is 24.9 Å². The summed E-state index contributed by atoms with van der Waals surface area (Å²) in [6.07, 6.45) is -1.74. The molecule has 0 spiro atoms. The third-order valence-electron chi connectivity index (χ3n) is 3.81. The number of benzene rings is 2. The molecule has 1 amide bonds. The zero-order valence-electron chi connectivity index (χ0n) is 15.6. The molecule has 0 fully saturated rings. The SMILES string of the molecule is COc1cc(CCC(=O)Nc2ccc(CSC)cc2)ccc1OCC(F)(F)F. The summed E-state index contributed by atoms with van der Waals surface area (Å²) in [7, 11) is 1.35. The third kappa shape index (κ3) is 7.34. The van der Waals surface area contributed by atoms with Gasteiger partial charge in [0.05, 0.1) is 7.11 Å². The van der Waals surface area contributed by atoms with Gasteiger partial charge in [-0.05, 0) is 48.1 Å². The van der Waals surface area contributed by atoms with Crippen molar-refractivity contribution in [3.63, 3.8) is 0 Å². The van der Waals surface area contributed by atoms with Gasteiger partial charge in [0, 0.05) is 17.9 Å². The predicted molar refractivity (Wildman–Crippen MR) is 105 cm³/mol. The highest BCUT2D eigenvalue weighted by Crippen LogP contribution is 2.30. The van der Waals surface area contributed by atoms with Gasteiger partial charge in [0.15, 0.2) is 18.1 Å². The number of hydrogen-bond donors (Lipinski definition) is 1. The summed E-state index contributed by atoms with van der Waals surface area (Å²) in [6, 6.07) is 12.3. The van der Waals surface area contributed by atoms with Gasteiger partial charge in [0.2, 0.25) is 5.91 Å². The Balaban J connectivity index is 1.89. The van der Waals surface area contributed by atoms with Crippen molar-refractivity contribution in [3.05, 3.63) is 53.6 Å². The molecule has 0 aliphatic rings. The largest absolute Gasteiger partial charge is 0.493 e. The van der Waals surface area contributed by atoms with Crippen LogP contribution in [0.25, 0.3) is 0 Å². The van der Waals surface area contributed by atoms with E-state index in [9.17, 15) is 18.0 Å². The van der Waals surface area contributed by atoms with Crippen LogP contribution in [0, 0.1) is 0 Å². The minimum Gasteiger partial charge on any atom is -0.493 e. The van der Waals surface area contributed by atoms with Crippen molar-refractivity contribution in [1.82, 2.24) is 0 Å².